The van der Waals surface area contributed by atoms with Gasteiger partial charge in [0.05, 0.1) is 6.10 Å². The van der Waals surface area contributed by atoms with Gasteiger partial charge in [-0.3, -0.25) is 4.79 Å². The molecule has 3 nitrogen and oxygen atoms in total. The van der Waals surface area contributed by atoms with Crippen LogP contribution in [0.3, 0.4) is 0 Å². The van der Waals surface area contributed by atoms with Gasteiger partial charge in [0.1, 0.15) is 6.23 Å². The Hall–Kier alpha value is -0.570. The zero-order valence-corrected chi connectivity index (χ0v) is 5.70. The minimum atomic E-state index is -0.0301. The van der Waals surface area contributed by atoms with Crippen molar-refractivity contribution in [1.82, 2.24) is 4.90 Å². The summed E-state index contributed by atoms with van der Waals surface area (Å²) in [6.07, 6.45) is 0.997. The van der Waals surface area contributed by atoms with Crippen molar-refractivity contribution in [3.63, 3.8) is 0 Å². The van der Waals surface area contributed by atoms with Gasteiger partial charge in [-0.05, 0) is 13.8 Å². The van der Waals surface area contributed by atoms with Crippen molar-refractivity contribution >= 4 is 6.41 Å². The first kappa shape index (κ1) is 6.55. The maximum atomic E-state index is 10.2. The second-order valence-electron chi connectivity index (χ2n) is 2.35. The van der Waals surface area contributed by atoms with E-state index >= 15 is 0 Å². The molecule has 0 N–H and O–H groups in total. The molecule has 1 aliphatic heterocycles. The molecular formula is C6H11NO2. The van der Waals surface area contributed by atoms with Gasteiger partial charge in [0.25, 0.3) is 0 Å². The Morgan fingerprint density at radius 3 is 2.56 bits per heavy atom. The van der Waals surface area contributed by atoms with Gasteiger partial charge in [0, 0.05) is 6.54 Å². The fourth-order valence-corrected chi connectivity index (χ4v) is 1.03. The van der Waals surface area contributed by atoms with E-state index in [9.17, 15) is 4.79 Å². The molecule has 0 saturated carbocycles. The summed E-state index contributed by atoms with van der Waals surface area (Å²) in [7, 11) is 0. The molecule has 9 heavy (non-hydrogen) atoms. The topological polar surface area (TPSA) is 29.5 Å². The fourth-order valence-electron chi connectivity index (χ4n) is 1.03. The van der Waals surface area contributed by atoms with Gasteiger partial charge >= 0.3 is 0 Å². The van der Waals surface area contributed by atoms with E-state index in [-0.39, 0.29) is 12.3 Å². The van der Waals surface area contributed by atoms with Gasteiger partial charge < -0.3 is 9.64 Å². The Morgan fingerprint density at radius 2 is 2.33 bits per heavy atom. The van der Waals surface area contributed by atoms with Crippen LogP contribution >= 0.6 is 0 Å². The van der Waals surface area contributed by atoms with Gasteiger partial charge in [0.15, 0.2) is 0 Å². The highest BCUT2D eigenvalue weighted by atomic mass is 16.5. The normalized spacial score (nSPS) is 35.1. The van der Waals surface area contributed by atoms with E-state index in [0.29, 0.717) is 0 Å². The Kier molecular flexibility index (Phi) is 1.71. The molecule has 2 atom stereocenters. The molecule has 1 rings (SSSR count). The minimum Gasteiger partial charge on any atom is -0.354 e. The summed E-state index contributed by atoms with van der Waals surface area (Å²) in [5.74, 6) is 0. The molecule has 0 aromatic carbocycles. The van der Waals surface area contributed by atoms with E-state index < -0.39 is 0 Å². The van der Waals surface area contributed by atoms with Crippen LogP contribution in [-0.2, 0) is 9.53 Å². The predicted octanol–water partition coefficient (Wildman–Crippen LogP) is 0.210. The lowest BCUT2D eigenvalue weighted by molar-refractivity contribution is -0.121. The summed E-state index contributed by atoms with van der Waals surface area (Å²) in [5, 5.41) is 0. The number of carbonyl (C=O) groups is 1. The Morgan fingerprint density at radius 1 is 1.67 bits per heavy atom. The summed E-state index contributed by atoms with van der Waals surface area (Å²) in [5.41, 5.74) is 0. The van der Waals surface area contributed by atoms with Crippen LogP contribution in [0.4, 0.5) is 0 Å². The number of rotatable bonds is 1. The first-order valence-electron chi connectivity index (χ1n) is 3.10. The lowest BCUT2D eigenvalue weighted by atomic mass is 10.4. The maximum Gasteiger partial charge on any atom is 0.211 e. The SMILES string of the molecule is CC1CN(C=O)C(C)O1. The number of hydrogen-bond acceptors (Lipinski definition) is 2. The van der Waals surface area contributed by atoms with Gasteiger partial charge in [0.2, 0.25) is 6.41 Å². The van der Waals surface area contributed by atoms with E-state index in [1.807, 2.05) is 13.8 Å². The monoisotopic (exact) mass is 129 g/mol. The van der Waals surface area contributed by atoms with Crippen molar-refractivity contribution in [3.05, 3.63) is 0 Å². The molecule has 0 aliphatic carbocycles. The summed E-state index contributed by atoms with van der Waals surface area (Å²) >= 11 is 0. The molecule has 1 fully saturated rings. The molecule has 1 aliphatic rings. The highest BCUT2D eigenvalue weighted by Crippen LogP contribution is 2.11. The first-order chi connectivity index (χ1) is 4.24. The zero-order chi connectivity index (χ0) is 6.85. The zero-order valence-electron chi connectivity index (χ0n) is 5.70. The quantitative estimate of drug-likeness (QED) is 0.474. The van der Waals surface area contributed by atoms with Crippen LogP contribution in [0.5, 0.6) is 0 Å². The van der Waals surface area contributed by atoms with Crippen molar-refractivity contribution < 1.29 is 9.53 Å². The molecule has 0 aromatic rings. The summed E-state index contributed by atoms with van der Waals surface area (Å²) in [6.45, 7) is 4.56. The third-order valence-corrected chi connectivity index (χ3v) is 1.50. The molecule has 52 valence electrons. The number of amides is 1. The van der Waals surface area contributed by atoms with Crippen molar-refractivity contribution in [3.8, 4) is 0 Å². The van der Waals surface area contributed by atoms with Crippen LogP contribution in [0.25, 0.3) is 0 Å². The number of ether oxygens (including phenoxy) is 1. The first-order valence-corrected chi connectivity index (χ1v) is 3.10. The molecule has 0 bridgehead atoms. The average molecular weight is 129 g/mol. The van der Waals surface area contributed by atoms with Crippen LogP contribution in [0, 0.1) is 0 Å². The predicted molar refractivity (Wildman–Crippen MR) is 32.8 cm³/mol. The van der Waals surface area contributed by atoms with E-state index in [4.69, 9.17) is 4.74 Å². The van der Waals surface area contributed by atoms with E-state index in [1.54, 1.807) is 4.90 Å². The van der Waals surface area contributed by atoms with Gasteiger partial charge in [-0.1, -0.05) is 0 Å². The van der Waals surface area contributed by atoms with E-state index in [0.717, 1.165) is 13.0 Å². The second-order valence-corrected chi connectivity index (χ2v) is 2.35. The standard InChI is InChI=1S/C6H11NO2/c1-5-3-7(4-8)6(2)9-5/h4-6H,3H2,1-2H3. The molecule has 1 saturated heterocycles. The Bertz CT molecular complexity index is 116. The number of hydrogen-bond donors (Lipinski definition) is 0. The second kappa shape index (κ2) is 2.35. The van der Waals surface area contributed by atoms with Crippen molar-refractivity contribution in [1.29, 1.82) is 0 Å². The van der Waals surface area contributed by atoms with Crippen LogP contribution in [0.2, 0.25) is 0 Å². The molecule has 0 aromatic heterocycles. The van der Waals surface area contributed by atoms with E-state index in [2.05, 4.69) is 0 Å². The van der Waals surface area contributed by atoms with Crippen LogP contribution < -0.4 is 0 Å². The van der Waals surface area contributed by atoms with Crippen molar-refractivity contribution in [2.45, 2.75) is 26.2 Å². The van der Waals surface area contributed by atoms with Crippen LogP contribution in [0.1, 0.15) is 13.8 Å². The van der Waals surface area contributed by atoms with Gasteiger partial charge in [-0.2, -0.15) is 0 Å². The highest BCUT2D eigenvalue weighted by molar-refractivity contribution is 5.47. The molecule has 1 heterocycles. The molecular weight excluding hydrogens is 118 g/mol. The van der Waals surface area contributed by atoms with Crippen LogP contribution in [0.15, 0.2) is 0 Å². The lowest BCUT2D eigenvalue weighted by Crippen LogP contribution is -2.25. The molecule has 0 spiro atoms. The summed E-state index contributed by atoms with van der Waals surface area (Å²) in [4.78, 5) is 11.9. The lowest BCUT2D eigenvalue weighted by Gasteiger charge is -2.11. The Balaban J connectivity index is 2.47. The Labute approximate surface area is 54.6 Å². The summed E-state index contributed by atoms with van der Waals surface area (Å²) < 4.78 is 5.26. The average Bonchev–Trinajstić information content (AvgIpc) is 2.10. The van der Waals surface area contributed by atoms with Crippen molar-refractivity contribution in [2.75, 3.05) is 6.54 Å². The maximum absolute atomic E-state index is 10.2. The third-order valence-electron chi connectivity index (χ3n) is 1.50. The fraction of sp³-hybridized carbons (Fsp3) is 0.833. The molecule has 3 heteroatoms. The minimum absolute atomic E-state index is 0.0301. The van der Waals surface area contributed by atoms with Gasteiger partial charge in [-0.15, -0.1) is 0 Å². The number of carbonyl (C=O) groups excluding carboxylic acids is 1. The van der Waals surface area contributed by atoms with Crippen molar-refractivity contribution in [2.24, 2.45) is 0 Å². The molecule has 0 radical (unpaired) electrons. The van der Waals surface area contributed by atoms with Gasteiger partial charge in [-0.25, -0.2) is 0 Å². The highest BCUT2D eigenvalue weighted by Gasteiger charge is 2.24. The summed E-state index contributed by atoms with van der Waals surface area (Å²) in [6, 6.07) is 0. The molecule has 1 amide bonds. The van der Waals surface area contributed by atoms with E-state index in [1.165, 1.54) is 0 Å². The number of nitrogens with zero attached hydrogens (tertiary/aromatic N) is 1. The largest absolute Gasteiger partial charge is 0.354 e. The molecule has 2 unspecified atom stereocenters. The third kappa shape index (κ3) is 1.21. The smallest absolute Gasteiger partial charge is 0.211 e. The van der Waals surface area contributed by atoms with Crippen LogP contribution in [-0.4, -0.2) is 30.2 Å².